The van der Waals surface area contributed by atoms with Gasteiger partial charge < -0.3 is 15.4 Å². The summed E-state index contributed by atoms with van der Waals surface area (Å²) in [6.07, 6.45) is 0.528. The maximum atomic E-state index is 11.6. The molecule has 4 nitrogen and oxygen atoms in total. The summed E-state index contributed by atoms with van der Waals surface area (Å²) in [6.45, 7) is 3.16. The van der Waals surface area contributed by atoms with Gasteiger partial charge in [-0.1, -0.05) is 24.3 Å². The fourth-order valence-electron chi connectivity index (χ4n) is 2.02. The molecule has 1 aromatic carbocycles. The first-order valence-corrected chi connectivity index (χ1v) is 5.79. The van der Waals surface area contributed by atoms with Gasteiger partial charge in [0, 0.05) is 26.6 Å². The second-order valence-corrected chi connectivity index (χ2v) is 4.67. The minimum atomic E-state index is -0.533. The van der Waals surface area contributed by atoms with Gasteiger partial charge in [-0.3, -0.25) is 0 Å². The SMILES string of the molecule is CN1CCC(C)(c2cccc(CN)c2)OC1=O. The third-order valence-corrected chi connectivity index (χ3v) is 3.32. The highest BCUT2D eigenvalue weighted by atomic mass is 16.6. The van der Waals surface area contributed by atoms with Crippen molar-refractivity contribution in [2.24, 2.45) is 5.73 Å². The van der Waals surface area contributed by atoms with Gasteiger partial charge in [-0.05, 0) is 18.1 Å². The molecule has 1 amide bonds. The van der Waals surface area contributed by atoms with Crippen molar-refractivity contribution in [3.63, 3.8) is 0 Å². The Labute approximate surface area is 101 Å². The third kappa shape index (κ3) is 2.26. The Morgan fingerprint density at radius 3 is 2.94 bits per heavy atom. The Morgan fingerprint density at radius 1 is 1.53 bits per heavy atom. The number of benzene rings is 1. The van der Waals surface area contributed by atoms with Crippen LogP contribution in [0.2, 0.25) is 0 Å². The monoisotopic (exact) mass is 234 g/mol. The van der Waals surface area contributed by atoms with E-state index in [1.807, 2.05) is 31.2 Å². The molecule has 0 spiro atoms. The number of hydrogen-bond donors (Lipinski definition) is 1. The number of cyclic esters (lactones) is 1. The maximum absolute atomic E-state index is 11.6. The quantitative estimate of drug-likeness (QED) is 0.849. The van der Waals surface area contributed by atoms with Crippen molar-refractivity contribution in [3.05, 3.63) is 35.4 Å². The first-order valence-electron chi connectivity index (χ1n) is 5.79. The Morgan fingerprint density at radius 2 is 2.29 bits per heavy atom. The van der Waals surface area contributed by atoms with Gasteiger partial charge in [0.25, 0.3) is 0 Å². The van der Waals surface area contributed by atoms with Crippen LogP contribution >= 0.6 is 0 Å². The molecule has 1 aromatic rings. The number of ether oxygens (including phenoxy) is 1. The van der Waals surface area contributed by atoms with E-state index in [1.165, 1.54) is 0 Å². The molecular weight excluding hydrogens is 216 g/mol. The molecule has 0 aromatic heterocycles. The summed E-state index contributed by atoms with van der Waals surface area (Å²) in [5.74, 6) is 0. The minimum Gasteiger partial charge on any atom is -0.438 e. The van der Waals surface area contributed by atoms with Crippen molar-refractivity contribution in [1.82, 2.24) is 4.90 Å². The number of hydrogen-bond acceptors (Lipinski definition) is 3. The van der Waals surface area contributed by atoms with Gasteiger partial charge in [-0.2, -0.15) is 0 Å². The van der Waals surface area contributed by atoms with E-state index in [0.717, 1.165) is 17.5 Å². The van der Waals surface area contributed by atoms with Gasteiger partial charge >= 0.3 is 6.09 Å². The first-order chi connectivity index (χ1) is 8.05. The molecule has 0 aliphatic carbocycles. The number of carbonyl (C=O) groups excluding carboxylic acids is 1. The zero-order valence-electron chi connectivity index (χ0n) is 10.3. The smallest absolute Gasteiger partial charge is 0.410 e. The van der Waals surface area contributed by atoms with Crippen molar-refractivity contribution in [3.8, 4) is 0 Å². The lowest BCUT2D eigenvalue weighted by atomic mass is 9.90. The van der Waals surface area contributed by atoms with Crippen molar-refractivity contribution >= 4 is 6.09 Å². The largest absolute Gasteiger partial charge is 0.438 e. The van der Waals surface area contributed by atoms with Crippen LogP contribution in [0.4, 0.5) is 4.79 Å². The Hall–Kier alpha value is -1.55. The lowest BCUT2D eigenvalue weighted by molar-refractivity contribution is -0.0351. The predicted molar refractivity (Wildman–Crippen MR) is 65.4 cm³/mol. The number of amides is 1. The number of nitrogens with two attached hydrogens (primary N) is 1. The van der Waals surface area contributed by atoms with Crippen LogP contribution in [0.1, 0.15) is 24.5 Å². The molecule has 92 valence electrons. The molecule has 0 radical (unpaired) electrons. The highest BCUT2D eigenvalue weighted by Crippen LogP contribution is 2.33. The van der Waals surface area contributed by atoms with E-state index >= 15 is 0 Å². The lowest BCUT2D eigenvalue weighted by Crippen LogP contribution is -2.44. The van der Waals surface area contributed by atoms with Crippen molar-refractivity contribution in [2.75, 3.05) is 13.6 Å². The molecule has 1 aliphatic rings. The second kappa shape index (κ2) is 4.37. The summed E-state index contributed by atoms with van der Waals surface area (Å²) < 4.78 is 5.52. The van der Waals surface area contributed by atoms with Crippen LogP contribution in [-0.2, 0) is 16.9 Å². The third-order valence-electron chi connectivity index (χ3n) is 3.32. The van der Waals surface area contributed by atoms with Crippen molar-refractivity contribution in [1.29, 1.82) is 0 Å². The number of carbonyl (C=O) groups is 1. The lowest BCUT2D eigenvalue weighted by Gasteiger charge is -2.37. The molecule has 17 heavy (non-hydrogen) atoms. The zero-order chi connectivity index (χ0) is 12.5. The maximum Gasteiger partial charge on any atom is 0.410 e. The van der Waals surface area contributed by atoms with E-state index < -0.39 is 5.60 Å². The average Bonchev–Trinajstić information content (AvgIpc) is 2.34. The van der Waals surface area contributed by atoms with Crippen LogP contribution in [0.3, 0.4) is 0 Å². The molecule has 1 aliphatic heterocycles. The summed E-state index contributed by atoms with van der Waals surface area (Å²) in [7, 11) is 1.75. The highest BCUT2D eigenvalue weighted by Gasteiger charge is 2.36. The summed E-state index contributed by atoms with van der Waals surface area (Å²) in [4.78, 5) is 13.2. The summed E-state index contributed by atoms with van der Waals surface area (Å²) in [6, 6.07) is 7.93. The van der Waals surface area contributed by atoms with Crippen molar-refractivity contribution in [2.45, 2.75) is 25.5 Å². The molecular formula is C13H18N2O2. The molecule has 1 atom stereocenters. The molecule has 2 N–H and O–H groups in total. The van der Waals surface area contributed by atoms with E-state index in [9.17, 15) is 4.79 Å². The highest BCUT2D eigenvalue weighted by molar-refractivity contribution is 5.69. The topological polar surface area (TPSA) is 55.6 Å². The van der Waals surface area contributed by atoms with Gasteiger partial charge in [0.15, 0.2) is 0 Å². The second-order valence-electron chi connectivity index (χ2n) is 4.67. The molecule has 1 unspecified atom stereocenters. The van der Waals surface area contributed by atoms with Crippen LogP contribution < -0.4 is 5.73 Å². The fraction of sp³-hybridized carbons (Fsp3) is 0.462. The first kappa shape index (κ1) is 11.9. The molecule has 2 rings (SSSR count). The summed E-state index contributed by atoms with van der Waals surface area (Å²) >= 11 is 0. The predicted octanol–water partition coefficient (Wildman–Crippen LogP) is 1.83. The van der Waals surface area contributed by atoms with Crippen LogP contribution in [-0.4, -0.2) is 24.6 Å². The molecule has 4 heteroatoms. The Balaban J connectivity index is 2.28. The van der Waals surface area contributed by atoms with E-state index in [0.29, 0.717) is 13.1 Å². The van der Waals surface area contributed by atoms with E-state index in [-0.39, 0.29) is 6.09 Å². The molecule has 1 heterocycles. The van der Waals surface area contributed by atoms with E-state index in [2.05, 4.69) is 0 Å². The van der Waals surface area contributed by atoms with Gasteiger partial charge in [0.05, 0.1) is 0 Å². The van der Waals surface area contributed by atoms with Crippen LogP contribution in [0.15, 0.2) is 24.3 Å². The zero-order valence-corrected chi connectivity index (χ0v) is 10.3. The van der Waals surface area contributed by atoms with Gasteiger partial charge in [0.1, 0.15) is 5.60 Å². The Kier molecular flexibility index (Phi) is 3.07. The number of rotatable bonds is 2. The van der Waals surface area contributed by atoms with Crippen LogP contribution in [0.5, 0.6) is 0 Å². The molecule has 0 bridgehead atoms. The van der Waals surface area contributed by atoms with Gasteiger partial charge in [-0.25, -0.2) is 4.79 Å². The summed E-state index contributed by atoms with van der Waals surface area (Å²) in [5, 5.41) is 0. The standard InChI is InChI=1S/C13H18N2O2/c1-13(6-7-15(2)12(16)17-13)11-5-3-4-10(8-11)9-14/h3-5,8H,6-7,9,14H2,1-2H3. The normalized spacial score (nSPS) is 24.6. The average molecular weight is 234 g/mol. The minimum absolute atomic E-state index is 0.267. The molecule has 1 saturated heterocycles. The summed E-state index contributed by atoms with van der Waals surface area (Å²) in [5.41, 5.74) is 7.16. The van der Waals surface area contributed by atoms with Gasteiger partial charge in [-0.15, -0.1) is 0 Å². The van der Waals surface area contributed by atoms with Crippen molar-refractivity contribution < 1.29 is 9.53 Å². The molecule has 0 saturated carbocycles. The van der Waals surface area contributed by atoms with E-state index in [1.54, 1.807) is 11.9 Å². The van der Waals surface area contributed by atoms with E-state index in [4.69, 9.17) is 10.5 Å². The Bertz CT molecular complexity index is 433. The van der Waals surface area contributed by atoms with Crippen LogP contribution in [0.25, 0.3) is 0 Å². The van der Waals surface area contributed by atoms with Crippen LogP contribution in [0, 0.1) is 0 Å². The number of nitrogens with zero attached hydrogens (tertiary/aromatic N) is 1. The van der Waals surface area contributed by atoms with Gasteiger partial charge in [0.2, 0.25) is 0 Å². The fourth-order valence-corrected chi connectivity index (χ4v) is 2.02. The molecule has 1 fully saturated rings.